The van der Waals surface area contributed by atoms with Crippen molar-refractivity contribution in [1.82, 2.24) is 0 Å². The first-order valence-corrected chi connectivity index (χ1v) is 8.34. The van der Waals surface area contributed by atoms with Crippen LogP contribution in [0.5, 0.6) is 0 Å². The maximum absolute atomic E-state index is 11.6. The summed E-state index contributed by atoms with van der Waals surface area (Å²) in [5, 5.41) is 0. The molecule has 0 radical (unpaired) electrons. The molecule has 2 aliphatic heterocycles. The number of benzene rings is 1. The van der Waals surface area contributed by atoms with Crippen LogP contribution in [-0.4, -0.2) is 56.4 Å². The fourth-order valence-corrected chi connectivity index (χ4v) is 3.16. The molecule has 0 N–H and O–H groups in total. The molecule has 3 rings (SSSR count). The Hall–Kier alpha value is -2.00. The molecule has 0 bridgehead atoms. The van der Waals surface area contributed by atoms with Crippen molar-refractivity contribution in [2.75, 3.05) is 13.7 Å². The van der Waals surface area contributed by atoms with Crippen molar-refractivity contribution < 1.29 is 38.0 Å². The van der Waals surface area contributed by atoms with Gasteiger partial charge in [-0.05, 0) is 0 Å². The molecule has 26 heavy (non-hydrogen) atoms. The normalized spacial score (nSPS) is 33.8. The minimum absolute atomic E-state index is 0.217. The number of carbonyl (C=O) groups excluding carboxylic acids is 2. The number of fused-ring (bicyclic) bond motifs is 1. The van der Waals surface area contributed by atoms with E-state index < -0.39 is 48.9 Å². The third kappa shape index (κ3) is 4.04. The van der Waals surface area contributed by atoms with E-state index in [-0.39, 0.29) is 6.61 Å². The molecule has 1 aromatic rings. The summed E-state index contributed by atoms with van der Waals surface area (Å²) in [5.41, 5.74) is 0.824. The summed E-state index contributed by atoms with van der Waals surface area (Å²) in [4.78, 5) is 23.1. The molecular formula is C18H22O8. The maximum atomic E-state index is 11.6. The van der Waals surface area contributed by atoms with Gasteiger partial charge in [-0.15, -0.1) is 0 Å². The van der Waals surface area contributed by atoms with Gasteiger partial charge in [0.05, 0.1) is 6.61 Å². The summed E-state index contributed by atoms with van der Waals surface area (Å²) in [6, 6.07) is 9.38. The molecule has 1 aromatic carbocycles. The fourth-order valence-electron chi connectivity index (χ4n) is 3.16. The zero-order valence-electron chi connectivity index (χ0n) is 14.8. The van der Waals surface area contributed by atoms with Gasteiger partial charge >= 0.3 is 11.9 Å². The maximum Gasteiger partial charge on any atom is 0.303 e. The van der Waals surface area contributed by atoms with Gasteiger partial charge in [-0.2, -0.15) is 0 Å². The number of carbonyl (C=O) groups is 2. The zero-order chi connectivity index (χ0) is 18.7. The average molecular weight is 366 g/mol. The summed E-state index contributed by atoms with van der Waals surface area (Å²) in [7, 11) is 1.42. The minimum Gasteiger partial charge on any atom is -0.455 e. The molecule has 2 heterocycles. The molecule has 142 valence electrons. The monoisotopic (exact) mass is 366 g/mol. The lowest BCUT2D eigenvalue weighted by molar-refractivity contribution is -0.359. The summed E-state index contributed by atoms with van der Waals surface area (Å²) in [5.74, 6) is -1.06. The Labute approximate surface area is 151 Å². The molecule has 2 fully saturated rings. The van der Waals surface area contributed by atoms with E-state index in [9.17, 15) is 9.59 Å². The van der Waals surface area contributed by atoms with Gasteiger partial charge in [0.15, 0.2) is 24.8 Å². The molecule has 8 heteroatoms. The van der Waals surface area contributed by atoms with Gasteiger partial charge in [0.25, 0.3) is 0 Å². The van der Waals surface area contributed by atoms with Gasteiger partial charge in [0.2, 0.25) is 0 Å². The van der Waals surface area contributed by atoms with Crippen molar-refractivity contribution in [3.63, 3.8) is 0 Å². The van der Waals surface area contributed by atoms with Crippen LogP contribution in [0.25, 0.3) is 0 Å². The van der Waals surface area contributed by atoms with E-state index in [1.165, 1.54) is 21.0 Å². The second-order valence-electron chi connectivity index (χ2n) is 6.10. The van der Waals surface area contributed by atoms with Gasteiger partial charge in [-0.3, -0.25) is 9.59 Å². The van der Waals surface area contributed by atoms with Crippen LogP contribution in [0.1, 0.15) is 25.7 Å². The topological polar surface area (TPSA) is 89.5 Å². The Kier molecular flexibility index (Phi) is 5.87. The van der Waals surface area contributed by atoms with Gasteiger partial charge in [0.1, 0.15) is 12.2 Å². The zero-order valence-corrected chi connectivity index (χ0v) is 14.8. The third-order valence-electron chi connectivity index (χ3n) is 4.19. The Balaban J connectivity index is 1.86. The van der Waals surface area contributed by atoms with Crippen molar-refractivity contribution >= 4 is 11.9 Å². The molecule has 0 aliphatic carbocycles. The summed E-state index contributed by atoms with van der Waals surface area (Å²) in [6.07, 6.45) is -4.57. The van der Waals surface area contributed by atoms with Crippen molar-refractivity contribution in [2.24, 2.45) is 0 Å². The molecule has 2 aliphatic rings. The predicted octanol–water partition coefficient (Wildman–Crippen LogP) is 1.34. The molecule has 8 nitrogen and oxygen atoms in total. The highest BCUT2D eigenvalue weighted by Gasteiger charge is 2.53. The lowest BCUT2D eigenvalue weighted by Gasteiger charge is -2.47. The van der Waals surface area contributed by atoms with Crippen molar-refractivity contribution in [3.05, 3.63) is 35.9 Å². The van der Waals surface area contributed by atoms with Crippen LogP contribution in [0.3, 0.4) is 0 Å². The van der Waals surface area contributed by atoms with Crippen LogP contribution in [0, 0.1) is 0 Å². The Bertz CT molecular complexity index is 633. The predicted molar refractivity (Wildman–Crippen MR) is 86.8 cm³/mol. The fraction of sp³-hybridized carbons (Fsp3) is 0.556. The first kappa shape index (κ1) is 18.8. The number of esters is 2. The van der Waals surface area contributed by atoms with Crippen molar-refractivity contribution in [2.45, 2.75) is 50.8 Å². The van der Waals surface area contributed by atoms with E-state index in [2.05, 4.69) is 0 Å². The molecule has 0 unspecified atom stereocenters. The van der Waals surface area contributed by atoms with Gasteiger partial charge in [-0.25, -0.2) is 0 Å². The Morgan fingerprint density at radius 3 is 2.27 bits per heavy atom. The number of ether oxygens (including phenoxy) is 6. The Morgan fingerprint density at radius 1 is 1.00 bits per heavy atom. The first-order valence-electron chi connectivity index (χ1n) is 8.34. The van der Waals surface area contributed by atoms with Crippen LogP contribution in [-0.2, 0) is 38.0 Å². The van der Waals surface area contributed by atoms with Crippen LogP contribution in [0.2, 0.25) is 0 Å². The second-order valence-corrected chi connectivity index (χ2v) is 6.10. The highest BCUT2D eigenvalue weighted by Crippen LogP contribution is 2.36. The second kappa shape index (κ2) is 8.13. The van der Waals surface area contributed by atoms with Crippen LogP contribution >= 0.6 is 0 Å². The molecule has 0 amide bonds. The molecule has 0 aromatic heterocycles. The lowest BCUT2D eigenvalue weighted by atomic mass is 9.97. The number of rotatable bonds is 4. The number of hydrogen-bond acceptors (Lipinski definition) is 8. The SMILES string of the molecule is CO[C@@H]1O[C@@H]2CO[C@H](c3ccccc3)O[C@@H]2[C@@H](OC(C)=O)[C@@H]1OC(C)=O. The van der Waals surface area contributed by atoms with Crippen molar-refractivity contribution in [1.29, 1.82) is 0 Å². The van der Waals surface area contributed by atoms with E-state index in [4.69, 9.17) is 28.4 Å². The van der Waals surface area contributed by atoms with E-state index in [0.717, 1.165) is 5.56 Å². The van der Waals surface area contributed by atoms with E-state index >= 15 is 0 Å². The average Bonchev–Trinajstić information content (AvgIpc) is 2.63. The number of methoxy groups -OCH3 is 1. The third-order valence-corrected chi connectivity index (χ3v) is 4.19. The Morgan fingerprint density at radius 2 is 1.65 bits per heavy atom. The van der Waals surface area contributed by atoms with E-state index in [0.29, 0.717) is 0 Å². The molecule has 6 atom stereocenters. The van der Waals surface area contributed by atoms with Crippen LogP contribution in [0.4, 0.5) is 0 Å². The molecule has 0 saturated carbocycles. The summed E-state index contributed by atoms with van der Waals surface area (Å²) in [6.45, 7) is 2.76. The standard InChI is InChI=1S/C18H22O8/c1-10(19)23-15-14-13(25-18(21-3)16(15)24-11(2)20)9-22-17(26-14)12-7-5-4-6-8-12/h4-8,13-18H,9H2,1-3H3/t13-,14+,15-,16+,17+,18-/m1/s1. The van der Waals surface area contributed by atoms with Crippen molar-refractivity contribution in [3.8, 4) is 0 Å². The first-order chi connectivity index (χ1) is 12.5. The highest BCUT2D eigenvalue weighted by molar-refractivity contribution is 5.67. The molecular weight excluding hydrogens is 344 g/mol. The van der Waals surface area contributed by atoms with Gasteiger partial charge < -0.3 is 28.4 Å². The summed E-state index contributed by atoms with van der Waals surface area (Å²) >= 11 is 0. The minimum atomic E-state index is -0.947. The molecule has 2 saturated heterocycles. The smallest absolute Gasteiger partial charge is 0.303 e. The van der Waals surface area contributed by atoms with E-state index in [1.807, 2.05) is 30.3 Å². The quantitative estimate of drug-likeness (QED) is 0.738. The lowest BCUT2D eigenvalue weighted by Crippen LogP contribution is -2.64. The molecule has 0 spiro atoms. The van der Waals surface area contributed by atoms with Gasteiger partial charge in [0, 0.05) is 26.5 Å². The van der Waals surface area contributed by atoms with Crippen LogP contribution in [0.15, 0.2) is 30.3 Å². The largest absolute Gasteiger partial charge is 0.455 e. The van der Waals surface area contributed by atoms with E-state index in [1.54, 1.807) is 0 Å². The number of hydrogen-bond donors (Lipinski definition) is 0. The van der Waals surface area contributed by atoms with Crippen LogP contribution < -0.4 is 0 Å². The van der Waals surface area contributed by atoms with Gasteiger partial charge in [-0.1, -0.05) is 30.3 Å². The highest BCUT2D eigenvalue weighted by atomic mass is 16.8. The summed E-state index contributed by atoms with van der Waals surface area (Å²) < 4.78 is 33.6.